The molecule has 0 bridgehead atoms. The lowest BCUT2D eigenvalue weighted by Gasteiger charge is -2.02. The molecule has 0 amide bonds. The van der Waals surface area contributed by atoms with Crippen LogP contribution in [0, 0.1) is 0 Å². The Labute approximate surface area is 87.9 Å². The lowest BCUT2D eigenvalue weighted by Crippen LogP contribution is -1.98. The fourth-order valence-electron chi connectivity index (χ4n) is 1.38. The summed E-state index contributed by atoms with van der Waals surface area (Å²) in [6, 6.07) is 6.93. The highest BCUT2D eigenvalue weighted by Crippen LogP contribution is 2.20. The van der Waals surface area contributed by atoms with Crippen molar-refractivity contribution in [2.45, 2.75) is 0 Å². The van der Waals surface area contributed by atoms with E-state index in [1.807, 2.05) is 6.07 Å². The summed E-state index contributed by atoms with van der Waals surface area (Å²) >= 11 is 0. The fraction of sp³-hybridized carbons (Fsp3) is 0. The first-order valence-corrected chi connectivity index (χ1v) is 4.66. The van der Waals surface area contributed by atoms with Crippen molar-refractivity contribution in [2.24, 2.45) is 0 Å². The van der Waals surface area contributed by atoms with Crippen LogP contribution in [0.2, 0.25) is 0 Å². The van der Waals surface area contributed by atoms with Crippen LogP contribution in [0.1, 0.15) is 5.56 Å². The number of hydrogen-bond donors (Lipinski definition) is 1. The van der Waals surface area contributed by atoms with Gasteiger partial charge in [0.25, 0.3) is 0 Å². The number of phenols is 1. The van der Waals surface area contributed by atoms with E-state index in [0.717, 1.165) is 0 Å². The van der Waals surface area contributed by atoms with Crippen LogP contribution in [0.15, 0.2) is 54.1 Å². The minimum atomic E-state index is -0.0410. The Morgan fingerprint density at radius 2 is 1.80 bits per heavy atom. The van der Waals surface area contributed by atoms with Gasteiger partial charge in [-0.15, -0.1) is 0 Å². The molecule has 0 spiro atoms. The molecule has 0 saturated heterocycles. The van der Waals surface area contributed by atoms with Crippen LogP contribution in [0.3, 0.4) is 0 Å². The molecule has 1 aliphatic carbocycles. The van der Waals surface area contributed by atoms with Crippen molar-refractivity contribution in [3.8, 4) is 5.75 Å². The van der Waals surface area contributed by atoms with E-state index in [4.69, 9.17) is 0 Å². The van der Waals surface area contributed by atoms with E-state index in [-0.39, 0.29) is 11.5 Å². The molecule has 1 aliphatic rings. The normalized spacial score (nSPS) is 17.3. The maximum Gasteiger partial charge on any atom is 0.185 e. The predicted octanol–water partition coefficient (Wildman–Crippen LogP) is 2.47. The molecule has 2 rings (SSSR count). The van der Waals surface area contributed by atoms with Crippen LogP contribution in [-0.4, -0.2) is 10.9 Å². The predicted molar refractivity (Wildman–Crippen MR) is 59.4 cm³/mol. The van der Waals surface area contributed by atoms with Crippen molar-refractivity contribution >= 4 is 11.9 Å². The lowest BCUT2D eigenvalue weighted by molar-refractivity contribution is -0.111. The van der Waals surface area contributed by atoms with Gasteiger partial charge in [-0.2, -0.15) is 0 Å². The Morgan fingerprint density at radius 1 is 1.07 bits per heavy atom. The molecule has 0 atom stereocenters. The molecule has 0 fully saturated rings. The third-order valence-corrected chi connectivity index (χ3v) is 2.17. The number of hydrogen-bond acceptors (Lipinski definition) is 2. The van der Waals surface area contributed by atoms with Gasteiger partial charge in [0, 0.05) is 11.1 Å². The quantitative estimate of drug-likeness (QED) is 0.704. The van der Waals surface area contributed by atoms with E-state index in [9.17, 15) is 9.90 Å². The molecule has 0 saturated carbocycles. The molecule has 2 heteroatoms. The smallest absolute Gasteiger partial charge is 0.185 e. The largest absolute Gasteiger partial charge is 0.507 e. The van der Waals surface area contributed by atoms with E-state index in [1.165, 1.54) is 6.08 Å². The van der Waals surface area contributed by atoms with Gasteiger partial charge in [0.1, 0.15) is 5.75 Å². The van der Waals surface area contributed by atoms with Crippen LogP contribution < -0.4 is 0 Å². The summed E-state index contributed by atoms with van der Waals surface area (Å²) in [6.45, 7) is 0. The van der Waals surface area contributed by atoms with Crippen molar-refractivity contribution in [3.05, 3.63) is 59.7 Å². The fourth-order valence-corrected chi connectivity index (χ4v) is 1.38. The van der Waals surface area contributed by atoms with Crippen molar-refractivity contribution < 1.29 is 9.90 Å². The first-order chi connectivity index (χ1) is 7.27. The maximum absolute atomic E-state index is 11.4. The first kappa shape index (κ1) is 9.46. The summed E-state index contributed by atoms with van der Waals surface area (Å²) in [7, 11) is 0. The second-order valence-electron chi connectivity index (χ2n) is 3.24. The third kappa shape index (κ3) is 2.05. The minimum absolute atomic E-state index is 0.0410. The molecule has 1 N–H and O–H groups in total. The van der Waals surface area contributed by atoms with Crippen LogP contribution in [0.5, 0.6) is 5.75 Å². The summed E-state index contributed by atoms with van der Waals surface area (Å²) in [5.74, 6) is 0.140. The average Bonchev–Trinajstić information content (AvgIpc) is 2.24. The van der Waals surface area contributed by atoms with E-state index in [1.54, 1.807) is 42.5 Å². The van der Waals surface area contributed by atoms with Gasteiger partial charge in [-0.05, 0) is 18.2 Å². The minimum Gasteiger partial charge on any atom is -0.507 e. The second kappa shape index (κ2) is 3.96. The highest BCUT2D eigenvalue weighted by molar-refractivity contribution is 6.10. The highest BCUT2D eigenvalue weighted by Gasteiger charge is 2.06. The Morgan fingerprint density at radius 3 is 2.53 bits per heavy atom. The number of ketones is 1. The molecule has 0 aromatic heterocycles. The number of allylic oxidation sites excluding steroid dienone is 5. The number of carbonyl (C=O) groups excluding carboxylic acids is 1. The molecule has 0 aliphatic heterocycles. The molecule has 1 aromatic rings. The lowest BCUT2D eigenvalue weighted by atomic mass is 10.0. The summed E-state index contributed by atoms with van der Waals surface area (Å²) in [5.41, 5.74) is 1.24. The van der Waals surface area contributed by atoms with Gasteiger partial charge in [0.15, 0.2) is 5.78 Å². The van der Waals surface area contributed by atoms with Gasteiger partial charge in [-0.1, -0.05) is 36.4 Å². The maximum atomic E-state index is 11.4. The van der Waals surface area contributed by atoms with Crippen LogP contribution in [-0.2, 0) is 4.79 Å². The molecular weight excluding hydrogens is 188 g/mol. The van der Waals surface area contributed by atoms with E-state index >= 15 is 0 Å². The summed E-state index contributed by atoms with van der Waals surface area (Å²) in [6.07, 6.45) is 8.41. The van der Waals surface area contributed by atoms with Crippen LogP contribution in [0.25, 0.3) is 6.08 Å². The van der Waals surface area contributed by atoms with E-state index in [0.29, 0.717) is 11.1 Å². The number of phenolic OH excluding ortho intramolecular Hbond substituents is 1. The number of para-hydroxylation sites is 1. The van der Waals surface area contributed by atoms with Gasteiger partial charge >= 0.3 is 0 Å². The van der Waals surface area contributed by atoms with Crippen molar-refractivity contribution in [3.63, 3.8) is 0 Å². The molecule has 2 nitrogen and oxygen atoms in total. The number of benzene rings is 1. The van der Waals surface area contributed by atoms with Crippen LogP contribution >= 0.6 is 0 Å². The standard InChI is InChI=1S/C13H10O2/c14-12-7-3-1-5-10(12)9-11-6-2-4-8-13(11)15/h1-9,14H/b11-9+. The monoisotopic (exact) mass is 198 g/mol. The number of rotatable bonds is 1. The number of carbonyl (C=O) groups is 1. The second-order valence-corrected chi connectivity index (χ2v) is 3.24. The highest BCUT2D eigenvalue weighted by atomic mass is 16.3. The Bertz CT molecular complexity index is 479. The zero-order chi connectivity index (χ0) is 10.7. The van der Waals surface area contributed by atoms with Gasteiger partial charge in [0.2, 0.25) is 0 Å². The third-order valence-electron chi connectivity index (χ3n) is 2.17. The molecule has 1 aromatic carbocycles. The molecular formula is C13H10O2. The number of aromatic hydroxyl groups is 1. The molecule has 0 radical (unpaired) electrons. The zero-order valence-corrected chi connectivity index (χ0v) is 8.05. The Kier molecular flexibility index (Phi) is 2.50. The average molecular weight is 198 g/mol. The van der Waals surface area contributed by atoms with Gasteiger partial charge < -0.3 is 5.11 Å². The molecule has 0 unspecified atom stereocenters. The SMILES string of the molecule is O=C1C=CC=C/C1=C\c1ccccc1O. The zero-order valence-electron chi connectivity index (χ0n) is 8.05. The summed E-state index contributed by atoms with van der Waals surface area (Å²) < 4.78 is 0. The van der Waals surface area contributed by atoms with Gasteiger partial charge in [-0.3, -0.25) is 4.79 Å². The Balaban J connectivity index is 2.39. The van der Waals surface area contributed by atoms with Crippen molar-refractivity contribution in [2.75, 3.05) is 0 Å². The van der Waals surface area contributed by atoms with Crippen molar-refractivity contribution in [1.82, 2.24) is 0 Å². The van der Waals surface area contributed by atoms with E-state index < -0.39 is 0 Å². The van der Waals surface area contributed by atoms with Crippen LogP contribution in [0.4, 0.5) is 0 Å². The summed E-state index contributed by atoms with van der Waals surface area (Å²) in [5, 5.41) is 9.53. The van der Waals surface area contributed by atoms with Gasteiger partial charge in [-0.25, -0.2) is 0 Å². The van der Waals surface area contributed by atoms with Crippen molar-refractivity contribution in [1.29, 1.82) is 0 Å². The first-order valence-electron chi connectivity index (χ1n) is 4.66. The summed E-state index contributed by atoms with van der Waals surface area (Å²) in [4.78, 5) is 11.4. The van der Waals surface area contributed by atoms with Gasteiger partial charge in [0.05, 0.1) is 0 Å². The Hall–Kier alpha value is -2.09. The molecule has 0 heterocycles. The molecule has 15 heavy (non-hydrogen) atoms. The topological polar surface area (TPSA) is 37.3 Å². The van der Waals surface area contributed by atoms with E-state index in [2.05, 4.69) is 0 Å². The molecule has 74 valence electrons.